The molecule has 0 aliphatic carbocycles. The third-order valence-corrected chi connectivity index (χ3v) is 4.97. The molecule has 1 unspecified atom stereocenters. The van der Waals surface area contributed by atoms with Crippen molar-refractivity contribution in [1.29, 1.82) is 0 Å². The highest BCUT2D eigenvalue weighted by atomic mass is 79.9. The van der Waals surface area contributed by atoms with Crippen molar-refractivity contribution in [3.05, 3.63) is 28.0 Å². The molecule has 1 fully saturated rings. The largest absolute Gasteiger partial charge is 0.336 e. The number of carbonyl (C=O) groups is 1. The normalized spacial score (nSPS) is 19.6. The van der Waals surface area contributed by atoms with Gasteiger partial charge in [0.05, 0.1) is 5.56 Å². The maximum atomic E-state index is 14.4. The molecule has 0 aromatic heterocycles. The van der Waals surface area contributed by atoms with E-state index in [4.69, 9.17) is 5.14 Å². The number of piperidine rings is 1. The molecular formula is C13H16BrFN2O3S. The molecule has 1 aromatic carbocycles. The van der Waals surface area contributed by atoms with Crippen LogP contribution in [-0.4, -0.2) is 31.8 Å². The molecule has 0 spiro atoms. The number of hydrogen-bond donors (Lipinski definition) is 1. The van der Waals surface area contributed by atoms with Gasteiger partial charge in [0.2, 0.25) is 10.0 Å². The molecule has 1 amide bonds. The van der Waals surface area contributed by atoms with Crippen molar-refractivity contribution in [2.45, 2.75) is 37.1 Å². The Morgan fingerprint density at radius 2 is 2.10 bits per heavy atom. The van der Waals surface area contributed by atoms with Crippen LogP contribution in [-0.2, 0) is 10.0 Å². The van der Waals surface area contributed by atoms with Crippen LogP contribution >= 0.6 is 15.9 Å². The molecule has 8 heteroatoms. The topological polar surface area (TPSA) is 80.5 Å². The van der Waals surface area contributed by atoms with Gasteiger partial charge in [0.25, 0.3) is 5.91 Å². The highest BCUT2D eigenvalue weighted by Crippen LogP contribution is 2.26. The van der Waals surface area contributed by atoms with Gasteiger partial charge >= 0.3 is 0 Å². The first kappa shape index (κ1) is 16.4. The lowest BCUT2D eigenvalue weighted by Crippen LogP contribution is -2.42. The quantitative estimate of drug-likeness (QED) is 0.856. The first-order chi connectivity index (χ1) is 9.71. The Kier molecular flexibility index (Phi) is 4.69. The Morgan fingerprint density at radius 3 is 2.67 bits per heavy atom. The molecule has 1 aromatic rings. The number of likely N-dealkylation sites (tertiary alicyclic amines) is 1. The second-order valence-electron chi connectivity index (χ2n) is 5.15. The van der Waals surface area contributed by atoms with E-state index in [1.165, 1.54) is 6.07 Å². The molecule has 2 rings (SSSR count). The fourth-order valence-electron chi connectivity index (χ4n) is 2.48. The lowest BCUT2D eigenvalue weighted by molar-refractivity contribution is 0.0630. The number of nitrogens with two attached hydrogens (primary N) is 1. The first-order valence-electron chi connectivity index (χ1n) is 6.54. The summed E-state index contributed by atoms with van der Waals surface area (Å²) in [6.07, 6.45) is 2.73. The van der Waals surface area contributed by atoms with E-state index in [1.54, 1.807) is 4.90 Å². The average molecular weight is 379 g/mol. The minimum Gasteiger partial charge on any atom is -0.336 e. The molecule has 1 aliphatic rings. The van der Waals surface area contributed by atoms with Gasteiger partial charge in [-0.05, 0) is 38.3 Å². The van der Waals surface area contributed by atoms with E-state index in [-0.39, 0.29) is 11.6 Å². The van der Waals surface area contributed by atoms with Gasteiger partial charge in [-0.25, -0.2) is 17.9 Å². The van der Waals surface area contributed by atoms with Crippen LogP contribution in [0.1, 0.15) is 36.5 Å². The van der Waals surface area contributed by atoms with Crippen molar-refractivity contribution in [3.8, 4) is 0 Å². The number of carbonyl (C=O) groups excluding carboxylic acids is 1. The van der Waals surface area contributed by atoms with Crippen molar-refractivity contribution in [1.82, 2.24) is 4.90 Å². The summed E-state index contributed by atoms with van der Waals surface area (Å²) in [5, 5.41) is 4.99. The number of halogens is 2. The van der Waals surface area contributed by atoms with E-state index in [1.807, 2.05) is 6.92 Å². The zero-order valence-corrected chi connectivity index (χ0v) is 13.9. The Labute approximate surface area is 131 Å². The van der Waals surface area contributed by atoms with E-state index in [0.29, 0.717) is 11.0 Å². The molecule has 21 heavy (non-hydrogen) atoms. The predicted octanol–water partition coefficient (Wildman–Crippen LogP) is 2.25. The van der Waals surface area contributed by atoms with E-state index < -0.39 is 26.6 Å². The fraction of sp³-hybridized carbons (Fsp3) is 0.462. The molecule has 0 bridgehead atoms. The van der Waals surface area contributed by atoms with E-state index in [9.17, 15) is 17.6 Å². The van der Waals surface area contributed by atoms with Crippen LogP contribution < -0.4 is 5.14 Å². The van der Waals surface area contributed by atoms with Gasteiger partial charge in [0.1, 0.15) is 4.90 Å². The van der Waals surface area contributed by atoms with Crippen LogP contribution in [0.15, 0.2) is 21.5 Å². The van der Waals surface area contributed by atoms with Crippen LogP contribution in [0.25, 0.3) is 0 Å². The molecule has 1 aliphatic heterocycles. The summed E-state index contributed by atoms with van der Waals surface area (Å²) in [5.41, 5.74) is -0.276. The zero-order valence-electron chi connectivity index (χ0n) is 11.5. The summed E-state index contributed by atoms with van der Waals surface area (Å²) in [6.45, 7) is 2.43. The molecule has 1 saturated heterocycles. The highest BCUT2D eigenvalue weighted by Gasteiger charge is 2.29. The van der Waals surface area contributed by atoms with Gasteiger partial charge in [-0.3, -0.25) is 4.79 Å². The van der Waals surface area contributed by atoms with Crippen LogP contribution in [0.2, 0.25) is 0 Å². The van der Waals surface area contributed by atoms with Gasteiger partial charge in [0, 0.05) is 17.1 Å². The molecule has 0 radical (unpaired) electrons. The third kappa shape index (κ3) is 3.44. The summed E-state index contributed by atoms with van der Waals surface area (Å²) in [6, 6.07) is 2.34. The number of amides is 1. The molecule has 5 nitrogen and oxygen atoms in total. The van der Waals surface area contributed by atoms with Crippen LogP contribution in [0, 0.1) is 5.82 Å². The number of benzene rings is 1. The monoisotopic (exact) mass is 378 g/mol. The van der Waals surface area contributed by atoms with Crippen molar-refractivity contribution < 1.29 is 17.6 Å². The number of sulfonamides is 1. The molecule has 1 atom stereocenters. The summed E-state index contributed by atoms with van der Waals surface area (Å²) >= 11 is 3.09. The number of rotatable bonds is 2. The summed E-state index contributed by atoms with van der Waals surface area (Å²) in [4.78, 5) is 13.4. The summed E-state index contributed by atoms with van der Waals surface area (Å²) < 4.78 is 37.5. The van der Waals surface area contributed by atoms with Crippen LogP contribution in [0.4, 0.5) is 4.39 Å². The smallest absolute Gasteiger partial charge is 0.257 e. The number of nitrogens with zero attached hydrogens (tertiary/aromatic N) is 1. The van der Waals surface area contributed by atoms with Crippen molar-refractivity contribution in [2.24, 2.45) is 5.14 Å². The highest BCUT2D eigenvalue weighted by molar-refractivity contribution is 9.10. The maximum absolute atomic E-state index is 14.4. The molecule has 0 saturated carbocycles. The third-order valence-electron chi connectivity index (χ3n) is 3.60. The number of primary sulfonamides is 1. The standard InChI is InChI=1S/C13H16BrFN2O3S/c1-8-4-2-3-5-17(8)13(18)10-6-9(14)7-11(12(10)15)21(16,19)20/h6-8H,2-5H2,1H3,(H2,16,19,20). The summed E-state index contributed by atoms with van der Waals surface area (Å²) in [7, 11) is -4.23. The van der Waals surface area contributed by atoms with E-state index in [2.05, 4.69) is 15.9 Å². The summed E-state index contributed by atoms with van der Waals surface area (Å²) in [5.74, 6) is -1.60. The van der Waals surface area contributed by atoms with E-state index >= 15 is 0 Å². The molecule has 116 valence electrons. The van der Waals surface area contributed by atoms with Gasteiger partial charge < -0.3 is 4.90 Å². The minimum absolute atomic E-state index is 0.00238. The Hall–Kier alpha value is -0.990. The van der Waals surface area contributed by atoms with Gasteiger partial charge in [-0.2, -0.15) is 0 Å². The molecule has 2 N–H and O–H groups in total. The lowest BCUT2D eigenvalue weighted by atomic mass is 10.0. The first-order valence-corrected chi connectivity index (χ1v) is 8.88. The zero-order chi connectivity index (χ0) is 15.8. The fourth-order valence-corrected chi connectivity index (χ4v) is 3.74. The lowest BCUT2D eigenvalue weighted by Gasteiger charge is -2.33. The van der Waals surface area contributed by atoms with E-state index in [0.717, 1.165) is 25.3 Å². The minimum atomic E-state index is -4.23. The van der Waals surface area contributed by atoms with Crippen molar-refractivity contribution >= 4 is 31.9 Å². The van der Waals surface area contributed by atoms with Crippen molar-refractivity contribution in [3.63, 3.8) is 0 Å². The number of hydrogen-bond acceptors (Lipinski definition) is 3. The molecule has 1 heterocycles. The van der Waals surface area contributed by atoms with Crippen LogP contribution in [0.5, 0.6) is 0 Å². The molecular weight excluding hydrogens is 363 g/mol. The second-order valence-corrected chi connectivity index (χ2v) is 7.60. The Morgan fingerprint density at radius 1 is 1.43 bits per heavy atom. The van der Waals surface area contributed by atoms with Gasteiger partial charge in [0.15, 0.2) is 5.82 Å². The van der Waals surface area contributed by atoms with Crippen molar-refractivity contribution in [2.75, 3.05) is 6.54 Å². The predicted molar refractivity (Wildman–Crippen MR) is 79.8 cm³/mol. The maximum Gasteiger partial charge on any atom is 0.257 e. The second kappa shape index (κ2) is 6.02. The Bertz CT molecular complexity index is 678. The Balaban J connectivity index is 2.49. The van der Waals surface area contributed by atoms with Gasteiger partial charge in [-0.15, -0.1) is 0 Å². The van der Waals surface area contributed by atoms with Crippen LogP contribution in [0.3, 0.4) is 0 Å². The van der Waals surface area contributed by atoms with Gasteiger partial charge in [-0.1, -0.05) is 15.9 Å². The average Bonchev–Trinajstić information content (AvgIpc) is 2.39. The SMILES string of the molecule is CC1CCCCN1C(=O)c1cc(Br)cc(S(N)(=O)=O)c1F.